The summed E-state index contributed by atoms with van der Waals surface area (Å²) in [6.45, 7) is 0. The van der Waals surface area contributed by atoms with Gasteiger partial charge in [0, 0.05) is 101 Å². The zero-order chi connectivity index (χ0) is 73.0. The normalized spacial score (nSPS) is 13.6. The van der Waals surface area contributed by atoms with E-state index in [1.54, 1.807) is 0 Å². The highest BCUT2D eigenvalue weighted by molar-refractivity contribution is 7.22. The Labute approximate surface area is 644 Å². The van der Waals surface area contributed by atoms with Crippen molar-refractivity contribution in [3.8, 4) is 33.9 Å². The molecule has 0 radical (unpaired) electrons. The van der Waals surface area contributed by atoms with Crippen molar-refractivity contribution in [1.82, 2.24) is 18.3 Å². The second-order valence-electron chi connectivity index (χ2n) is 29.9. The highest BCUT2D eigenvalue weighted by Gasteiger charge is 2.51. The van der Waals surface area contributed by atoms with Crippen LogP contribution in [0.1, 0.15) is 0 Å². The number of hydrogen-bond donors (Lipinski definition) is 0. The van der Waals surface area contributed by atoms with Crippen LogP contribution in [0.5, 0.6) is 0 Å². The molecule has 0 unspecified atom stereocenters. The molecule has 6 heterocycles. The molecule has 0 fully saturated rings. The molecule has 0 N–H and O–H groups in total. The van der Waals surface area contributed by atoms with E-state index in [9.17, 15) is 0 Å². The molecule has 4 aromatic heterocycles. The van der Waals surface area contributed by atoms with Crippen molar-refractivity contribution in [2.45, 2.75) is 0 Å². The number of fused-ring (bicyclic) bond motifs is 16. The first kappa shape index (κ1) is 63.1. The standard InChI is InChI=1S/C103H70N6Si2/c1-104-96-59-53-72(106-88-45-23-17-39-80(88)81-40-18-24-46-89(81)106)65-100(96)110(76-31-9-3-10-32-76,77-33-11-4-12-34-77)101-66-73(54-60-97(101)104)108-92-49-27-21-43-84(92)86-63-69(51-57-94(86)108)70-52-58-95-87(64-70)85-44-22-28-50-93(85)109(95)75-56-62-99-103(68-75)111(78-35-13-5-14-36-78,79-37-15-6-16-38-79)102-67-74(55-61-98(102)105(99)71-29-7-2-8-30-71)107-90-47-25-19-41-82(90)83-42-20-26-48-91(83)107/h2-68H,1H3. The molecule has 0 saturated heterocycles. The van der Waals surface area contributed by atoms with Crippen molar-refractivity contribution in [2.24, 2.45) is 0 Å². The molecule has 0 atom stereocenters. The Kier molecular flexibility index (Phi) is 13.9. The van der Waals surface area contributed by atoms with Crippen LogP contribution < -0.4 is 51.3 Å². The number of nitrogens with zero attached hydrogens (tertiary/aromatic N) is 6. The fraction of sp³-hybridized carbons (Fsp3) is 0.00971. The summed E-state index contributed by atoms with van der Waals surface area (Å²) in [5.41, 5.74) is 22.3. The number of hydrogen-bond acceptors (Lipinski definition) is 2. The summed E-state index contributed by atoms with van der Waals surface area (Å²) in [5, 5.41) is 20.6. The second-order valence-corrected chi connectivity index (χ2v) is 37.4. The molecule has 21 aromatic rings. The predicted molar refractivity (Wildman–Crippen MR) is 473 cm³/mol. The van der Waals surface area contributed by atoms with Gasteiger partial charge in [0.25, 0.3) is 0 Å². The third-order valence-corrected chi connectivity index (χ3v) is 34.1. The Bertz CT molecular complexity index is 7180. The zero-order valence-corrected chi connectivity index (χ0v) is 62.9. The van der Waals surface area contributed by atoms with Crippen molar-refractivity contribution in [3.05, 3.63) is 406 Å². The number of aromatic nitrogens is 4. The van der Waals surface area contributed by atoms with Crippen LogP contribution in [0.3, 0.4) is 0 Å². The molecule has 8 heteroatoms. The lowest BCUT2D eigenvalue weighted by molar-refractivity contribution is 1.15. The van der Waals surface area contributed by atoms with E-state index in [0.29, 0.717) is 0 Å². The van der Waals surface area contributed by atoms with E-state index in [2.05, 4.69) is 442 Å². The first-order chi connectivity index (χ1) is 55.0. The highest BCUT2D eigenvalue weighted by atomic mass is 28.3. The number of para-hydroxylation sites is 7. The number of rotatable bonds is 10. The van der Waals surface area contributed by atoms with E-state index in [0.717, 1.165) is 45.0 Å². The third-order valence-electron chi connectivity index (χ3n) is 24.5. The molecule has 111 heavy (non-hydrogen) atoms. The maximum Gasteiger partial charge on any atom is 0.184 e. The van der Waals surface area contributed by atoms with Gasteiger partial charge in [0.05, 0.1) is 44.1 Å². The zero-order valence-electron chi connectivity index (χ0n) is 60.9. The highest BCUT2D eigenvalue weighted by Crippen LogP contribution is 2.45. The average Bonchev–Trinajstić information content (AvgIpc) is 1.20. The van der Waals surface area contributed by atoms with Gasteiger partial charge in [-0.2, -0.15) is 0 Å². The van der Waals surface area contributed by atoms with E-state index in [-0.39, 0.29) is 0 Å². The topological polar surface area (TPSA) is 26.2 Å². The van der Waals surface area contributed by atoms with Gasteiger partial charge in [-0.25, -0.2) is 0 Å². The first-order valence-electron chi connectivity index (χ1n) is 38.4. The minimum absolute atomic E-state index is 1.12. The van der Waals surface area contributed by atoms with E-state index >= 15 is 0 Å². The van der Waals surface area contributed by atoms with E-state index in [4.69, 9.17) is 0 Å². The van der Waals surface area contributed by atoms with Crippen molar-refractivity contribution < 1.29 is 0 Å². The van der Waals surface area contributed by atoms with Crippen molar-refractivity contribution in [3.63, 3.8) is 0 Å². The summed E-state index contributed by atoms with van der Waals surface area (Å²) >= 11 is 0. The maximum atomic E-state index is 2.58. The minimum atomic E-state index is -3.28. The number of benzene rings is 17. The molecule has 0 spiro atoms. The lowest BCUT2D eigenvalue weighted by Crippen LogP contribution is -2.77. The first-order valence-corrected chi connectivity index (χ1v) is 42.4. The summed E-state index contributed by atoms with van der Waals surface area (Å²) in [5.74, 6) is 0. The largest absolute Gasteiger partial charge is 0.345 e. The molecule has 520 valence electrons. The fourth-order valence-electron chi connectivity index (χ4n) is 19.8. The van der Waals surface area contributed by atoms with Crippen LogP contribution in [0.15, 0.2) is 406 Å². The van der Waals surface area contributed by atoms with Gasteiger partial charge in [-0.05, 0) is 198 Å². The van der Waals surface area contributed by atoms with Crippen molar-refractivity contribution in [2.75, 3.05) is 16.8 Å². The summed E-state index contributed by atoms with van der Waals surface area (Å²) in [6.07, 6.45) is 0. The van der Waals surface area contributed by atoms with Gasteiger partial charge in [0.2, 0.25) is 0 Å². The average molecular weight is 1450 g/mol. The maximum absolute atomic E-state index is 3.28. The van der Waals surface area contributed by atoms with Crippen LogP contribution in [0.2, 0.25) is 0 Å². The van der Waals surface area contributed by atoms with E-state index < -0.39 is 16.1 Å². The summed E-state index contributed by atoms with van der Waals surface area (Å²) in [6, 6.07) is 154. The van der Waals surface area contributed by atoms with Gasteiger partial charge in [0.15, 0.2) is 16.1 Å². The van der Waals surface area contributed by atoms with Gasteiger partial charge >= 0.3 is 0 Å². The Balaban J connectivity index is 0.692. The Morgan fingerprint density at radius 2 is 0.414 bits per heavy atom. The van der Waals surface area contributed by atoms with Crippen molar-refractivity contribution >= 4 is 173 Å². The van der Waals surface area contributed by atoms with Gasteiger partial charge in [-0.3, -0.25) is 0 Å². The summed E-state index contributed by atoms with van der Waals surface area (Å²) in [4.78, 5) is 4.98. The quantitative estimate of drug-likeness (QED) is 0.128. The number of anilines is 5. The molecule has 23 rings (SSSR count). The molecule has 0 aliphatic carbocycles. The Morgan fingerprint density at radius 1 is 0.180 bits per heavy atom. The van der Waals surface area contributed by atoms with Gasteiger partial charge in [-0.1, -0.05) is 261 Å². The fourth-order valence-corrected chi connectivity index (χ4v) is 30.2. The minimum Gasteiger partial charge on any atom is -0.345 e. The molecule has 2 aliphatic rings. The molecule has 17 aromatic carbocycles. The lowest BCUT2D eigenvalue weighted by atomic mass is 10.0. The monoisotopic (exact) mass is 1450 g/mol. The molecule has 0 saturated carbocycles. The van der Waals surface area contributed by atoms with Crippen LogP contribution in [0, 0.1) is 0 Å². The second kappa shape index (κ2) is 24.5. The predicted octanol–water partition coefficient (Wildman–Crippen LogP) is 20.4. The summed E-state index contributed by atoms with van der Waals surface area (Å²) < 4.78 is 10.0. The molecule has 0 amide bonds. The summed E-state index contributed by atoms with van der Waals surface area (Å²) in [7, 11) is -4.17. The SMILES string of the molecule is CN1c2ccc(-n3c4ccccc4c4ccccc43)cc2[Si](c2ccccc2)(c2ccccc2)c2cc(-n3c4ccccc4c4cc(-c5ccc6c(c5)c5ccccc5n6-c5ccc6c(c5)[Si](c5ccccc5)(c5ccccc5)c5cc(-n7c8ccccc8c8ccccc87)ccc5N6c5ccccc5)ccc43)ccc21. The van der Waals surface area contributed by atoms with Gasteiger partial charge < -0.3 is 28.1 Å². The van der Waals surface area contributed by atoms with Gasteiger partial charge in [0.1, 0.15) is 0 Å². The molecular weight excluding hydrogens is 1380 g/mol. The van der Waals surface area contributed by atoms with Crippen LogP contribution >= 0.6 is 0 Å². The lowest BCUT2D eigenvalue weighted by Gasteiger charge is -2.45. The third kappa shape index (κ3) is 9.05. The Hall–Kier alpha value is -14.0. The van der Waals surface area contributed by atoms with Crippen LogP contribution in [-0.2, 0) is 0 Å². The smallest absolute Gasteiger partial charge is 0.184 e. The van der Waals surface area contributed by atoms with E-state index in [1.807, 2.05) is 0 Å². The molecule has 2 aliphatic heterocycles. The van der Waals surface area contributed by atoms with Crippen LogP contribution in [-0.4, -0.2) is 41.5 Å². The van der Waals surface area contributed by atoms with Crippen LogP contribution in [0.25, 0.3) is 121 Å². The van der Waals surface area contributed by atoms with E-state index in [1.165, 1.54) is 146 Å². The van der Waals surface area contributed by atoms with Gasteiger partial charge in [-0.15, -0.1) is 0 Å². The molecule has 0 bridgehead atoms. The van der Waals surface area contributed by atoms with Crippen LogP contribution in [0.4, 0.5) is 28.4 Å². The molecule has 6 nitrogen and oxygen atoms in total. The molecular formula is C103H70N6Si2. The Morgan fingerprint density at radius 3 is 0.712 bits per heavy atom. The van der Waals surface area contributed by atoms with Crippen molar-refractivity contribution in [1.29, 1.82) is 0 Å².